The van der Waals surface area contributed by atoms with Crippen LogP contribution in [0.2, 0.25) is 0 Å². The molecule has 0 atom stereocenters. The number of rotatable bonds is 1. The molecule has 2 rings (SSSR count). The second kappa shape index (κ2) is 4.18. The van der Waals surface area contributed by atoms with Gasteiger partial charge in [-0.1, -0.05) is 6.08 Å². The van der Waals surface area contributed by atoms with Crippen LogP contribution in [0.1, 0.15) is 23.4 Å². The highest BCUT2D eigenvalue weighted by atomic mass is 19.4. The van der Waals surface area contributed by atoms with Crippen molar-refractivity contribution < 1.29 is 13.2 Å². The van der Waals surface area contributed by atoms with Crippen LogP contribution in [0.15, 0.2) is 6.08 Å². The molecule has 0 aromatic carbocycles. The van der Waals surface area contributed by atoms with E-state index in [1.165, 1.54) is 11.7 Å². The summed E-state index contributed by atoms with van der Waals surface area (Å²) in [5.41, 5.74) is 0.777. The Bertz CT molecular complexity index is 457. The Balaban J connectivity index is 2.55. The standard InChI is InChI=1S/C11H14F3N3/c1-7-9(8-3-5-15-6-4-8)10(11(12,13)14)16-17(7)2/h3,15H,4-6H2,1-2H3. The molecule has 0 amide bonds. The van der Waals surface area contributed by atoms with Crippen LogP contribution >= 0.6 is 0 Å². The normalized spacial score (nSPS) is 17.1. The minimum atomic E-state index is -4.40. The predicted molar refractivity (Wildman–Crippen MR) is 58.4 cm³/mol. The maximum atomic E-state index is 12.9. The summed E-state index contributed by atoms with van der Waals surface area (Å²) in [5.74, 6) is 0. The zero-order valence-corrected chi connectivity index (χ0v) is 9.73. The van der Waals surface area contributed by atoms with Crippen LogP contribution in [0.4, 0.5) is 13.2 Å². The molecule has 0 spiro atoms. The first-order valence-electron chi connectivity index (χ1n) is 5.42. The van der Waals surface area contributed by atoms with Crippen molar-refractivity contribution in [2.45, 2.75) is 19.5 Å². The lowest BCUT2D eigenvalue weighted by Gasteiger charge is -2.15. The number of nitrogens with one attached hydrogen (secondary N) is 1. The summed E-state index contributed by atoms with van der Waals surface area (Å²) in [6.45, 7) is 2.98. The molecule has 2 heterocycles. The van der Waals surface area contributed by atoms with E-state index < -0.39 is 11.9 Å². The number of aromatic nitrogens is 2. The molecule has 94 valence electrons. The van der Waals surface area contributed by atoms with E-state index in [-0.39, 0.29) is 5.56 Å². The van der Waals surface area contributed by atoms with Gasteiger partial charge >= 0.3 is 6.18 Å². The minimum absolute atomic E-state index is 0.251. The molecule has 1 N–H and O–H groups in total. The van der Waals surface area contributed by atoms with E-state index >= 15 is 0 Å². The maximum absolute atomic E-state index is 12.9. The second-order valence-electron chi connectivity index (χ2n) is 4.11. The first kappa shape index (κ1) is 12.2. The maximum Gasteiger partial charge on any atom is 0.435 e. The van der Waals surface area contributed by atoms with Gasteiger partial charge in [-0.2, -0.15) is 18.3 Å². The lowest BCUT2D eigenvalue weighted by Crippen LogP contribution is -2.21. The third-order valence-corrected chi connectivity index (χ3v) is 2.99. The minimum Gasteiger partial charge on any atom is -0.313 e. The summed E-state index contributed by atoms with van der Waals surface area (Å²) in [6, 6.07) is 0. The molecule has 1 aliphatic rings. The Labute approximate surface area is 97.3 Å². The van der Waals surface area contributed by atoms with Gasteiger partial charge in [0, 0.05) is 24.8 Å². The van der Waals surface area contributed by atoms with E-state index in [1.807, 2.05) is 6.08 Å². The van der Waals surface area contributed by atoms with Crippen LogP contribution in [0.5, 0.6) is 0 Å². The molecule has 0 radical (unpaired) electrons. The topological polar surface area (TPSA) is 29.9 Å². The average Bonchev–Trinajstić information content (AvgIpc) is 2.57. The third kappa shape index (κ3) is 2.22. The number of aryl methyl sites for hydroxylation is 1. The van der Waals surface area contributed by atoms with Crippen LogP contribution in [0.3, 0.4) is 0 Å². The third-order valence-electron chi connectivity index (χ3n) is 2.99. The second-order valence-corrected chi connectivity index (χ2v) is 4.11. The van der Waals surface area contributed by atoms with Crippen molar-refractivity contribution in [3.05, 3.63) is 23.0 Å². The number of nitrogens with zero attached hydrogens (tertiary/aromatic N) is 2. The van der Waals surface area contributed by atoms with Gasteiger partial charge in [-0.3, -0.25) is 4.68 Å². The Morgan fingerprint density at radius 2 is 2.12 bits per heavy atom. The fourth-order valence-electron chi connectivity index (χ4n) is 2.04. The van der Waals surface area contributed by atoms with Gasteiger partial charge in [0.1, 0.15) is 0 Å². The lowest BCUT2D eigenvalue weighted by molar-refractivity contribution is -0.141. The Kier molecular flexibility index (Phi) is 2.99. The number of halogens is 3. The molecule has 1 aliphatic heterocycles. The SMILES string of the molecule is Cc1c(C2=CCNCC2)c(C(F)(F)F)nn1C. The van der Waals surface area contributed by atoms with E-state index in [9.17, 15) is 13.2 Å². The summed E-state index contributed by atoms with van der Waals surface area (Å²) in [5, 5.41) is 6.67. The number of alkyl halides is 3. The predicted octanol–water partition coefficient (Wildman–Crippen LogP) is 2.12. The average molecular weight is 245 g/mol. The van der Waals surface area contributed by atoms with Crippen LogP contribution in [-0.2, 0) is 13.2 Å². The monoisotopic (exact) mass is 245 g/mol. The highest BCUT2D eigenvalue weighted by Gasteiger charge is 2.39. The van der Waals surface area contributed by atoms with Crippen LogP contribution in [-0.4, -0.2) is 22.9 Å². The van der Waals surface area contributed by atoms with Gasteiger partial charge in [-0.25, -0.2) is 0 Å². The summed E-state index contributed by atoms with van der Waals surface area (Å²) in [4.78, 5) is 0. The van der Waals surface area contributed by atoms with Gasteiger partial charge in [0.2, 0.25) is 0 Å². The van der Waals surface area contributed by atoms with Crippen molar-refractivity contribution >= 4 is 5.57 Å². The van der Waals surface area contributed by atoms with Crippen LogP contribution in [0.25, 0.3) is 5.57 Å². The molecule has 1 aromatic rings. The molecular weight excluding hydrogens is 231 g/mol. The molecule has 1 aromatic heterocycles. The summed E-state index contributed by atoms with van der Waals surface area (Å²) in [7, 11) is 1.54. The zero-order chi connectivity index (χ0) is 12.6. The molecule has 0 fully saturated rings. The smallest absolute Gasteiger partial charge is 0.313 e. The van der Waals surface area contributed by atoms with Crippen LogP contribution in [0, 0.1) is 6.92 Å². The van der Waals surface area contributed by atoms with Crippen LogP contribution < -0.4 is 5.32 Å². The van der Waals surface area contributed by atoms with Gasteiger partial charge in [0.15, 0.2) is 5.69 Å². The summed E-state index contributed by atoms with van der Waals surface area (Å²) in [6.07, 6.45) is -1.98. The highest BCUT2D eigenvalue weighted by Crippen LogP contribution is 2.36. The van der Waals surface area contributed by atoms with E-state index in [0.29, 0.717) is 25.2 Å². The first-order valence-corrected chi connectivity index (χ1v) is 5.42. The van der Waals surface area contributed by atoms with Crippen molar-refractivity contribution in [3.63, 3.8) is 0 Å². The number of hydrogen-bond acceptors (Lipinski definition) is 2. The first-order chi connectivity index (χ1) is 7.91. The lowest BCUT2D eigenvalue weighted by atomic mass is 9.98. The Hall–Kier alpha value is -1.30. The van der Waals surface area contributed by atoms with Crippen molar-refractivity contribution in [3.8, 4) is 0 Å². The molecule has 0 saturated carbocycles. The molecule has 0 saturated heterocycles. The summed E-state index contributed by atoms with van der Waals surface area (Å²) >= 11 is 0. The van der Waals surface area contributed by atoms with Crippen molar-refractivity contribution in [2.75, 3.05) is 13.1 Å². The van der Waals surface area contributed by atoms with Crippen molar-refractivity contribution in [1.82, 2.24) is 15.1 Å². The molecule has 0 bridgehead atoms. The molecular formula is C11H14F3N3. The van der Waals surface area contributed by atoms with Crippen molar-refractivity contribution in [2.24, 2.45) is 7.05 Å². The Morgan fingerprint density at radius 1 is 1.41 bits per heavy atom. The van der Waals surface area contributed by atoms with E-state index in [4.69, 9.17) is 0 Å². The van der Waals surface area contributed by atoms with Gasteiger partial charge in [-0.05, 0) is 25.5 Å². The fraction of sp³-hybridized carbons (Fsp3) is 0.545. The van der Waals surface area contributed by atoms with Gasteiger partial charge in [-0.15, -0.1) is 0 Å². The number of hydrogen-bond donors (Lipinski definition) is 1. The quantitative estimate of drug-likeness (QED) is 0.821. The summed E-state index contributed by atoms with van der Waals surface area (Å²) < 4.78 is 39.9. The van der Waals surface area contributed by atoms with E-state index in [0.717, 1.165) is 5.57 Å². The highest BCUT2D eigenvalue weighted by molar-refractivity contribution is 5.70. The van der Waals surface area contributed by atoms with Crippen molar-refractivity contribution in [1.29, 1.82) is 0 Å². The van der Waals surface area contributed by atoms with Gasteiger partial charge in [0.25, 0.3) is 0 Å². The molecule has 3 nitrogen and oxygen atoms in total. The van der Waals surface area contributed by atoms with E-state index in [2.05, 4.69) is 10.4 Å². The molecule has 0 aliphatic carbocycles. The zero-order valence-electron chi connectivity index (χ0n) is 9.73. The van der Waals surface area contributed by atoms with Gasteiger partial charge in [0.05, 0.1) is 0 Å². The molecule has 6 heteroatoms. The Morgan fingerprint density at radius 3 is 2.65 bits per heavy atom. The molecule has 0 unspecified atom stereocenters. The fourth-order valence-corrected chi connectivity index (χ4v) is 2.04. The molecule has 17 heavy (non-hydrogen) atoms. The van der Waals surface area contributed by atoms with Gasteiger partial charge < -0.3 is 5.32 Å². The van der Waals surface area contributed by atoms with E-state index in [1.54, 1.807) is 6.92 Å². The largest absolute Gasteiger partial charge is 0.435 e.